The number of carbonyl (C=O) groups is 2. The Kier molecular flexibility index (Phi) is 5.00. The smallest absolute Gasteiger partial charge is 0.450 e. The fourth-order valence-electron chi connectivity index (χ4n) is 0.320. The summed E-state index contributed by atoms with van der Waals surface area (Å²) in [6.07, 6.45) is -3.16. The Labute approximate surface area is 97.6 Å². The van der Waals surface area contributed by atoms with Crippen LogP contribution in [-0.2, 0) is 9.47 Å². The normalized spacial score (nSPS) is 13.2. The Balaban J connectivity index is 4.25. The summed E-state index contributed by atoms with van der Waals surface area (Å²) in [5.41, 5.74) is 0. The van der Waals surface area contributed by atoms with E-state index in [0.717, 1.165) is 0 Å². The van der Waals surface area contributed by atoms with Crippen molar-refractivity contribution in [1.82, 2.24) is 0 Å². The van der Waals surface area contributed by atoms with Crippen molar-refractivity contribution in [1.29, 1.82) is 0 Å². The van der Waals surface area contributed by atoms with Gasteiger partial charge in [0.25, 0.3) is 3.42 Å². The van der Waals surface area contributed by atoms with Gasteiger partial charge >= 0.3 is 12.3 Å². The maximum Gasteiger partial charge on any atom is 0.508 e. The molecule has 0 aliphatic rings. The molecule has 0 amide bonds. The third-order valence-electron chi connectivity index (χ3n) is 0.692. The zero-order valence-electron chi connectivity index (χ0n) is 5.74. The molecule has 0 saturated heterocycles. The molecule has 0 heterocycles. The molecule has 1 atom stereocenters. The van der Waals surface area contributed by atoms with E-state index in [2.05, 4.69) is 57.3 Å². The van der Waals surface area contributed by atoms with Crippen molar-refractivity contribution in [2.45, 2.75) is 8.43 Å². The molecule has 9 heteroatoms. The summed E-state index contributed by atoms with van der Waals surface area (Å²) in [6.45, 7) is 0. The topological polar surface area (TPSA) is 93.1 Å². The van der Waals surface area contributed by atoms with Gasteiger partial charge in [-0.3, -0.25) is 0 Å². The summed E-state index contributed by atoms with van der Waals surface area (Å²) in [5, 5.41) is 15.2. The van der Waals surface area contributed by atoms with Gasteiger partial charge in [-0.05, 0) is 47.8 Å². The summed E-state index contributed by atoms with van der Waals surface area (Å²) in [4.78, 5) is 20.1. The molecule has 0 aliphatic heterocycles. The van der Waals surface area contributed by atoms with Crippen LogP contribution >= 0.6 is 47.8 Å². The van der Waals surface area contributed by atoms with Crippen LogP contribution in [-0.4, -0.2) is 31.0 Å². The van der Waals surface area contributed by atoms with Crippen molar-refractivity contribution in [3.05, 3.63) is 0 Å². The molecular weight excluding hydrogens is 384 g/mol. The lowest BCUT2D eigenvalue weighted by molar-refractivity contribution is 0.0194. The highest BCUT2D eigenvalue weighted by Gasteiger charge is 2.39. The lowest BCUT2D eigenvalue weighted by Gasteiger charge is -2.22. The fraction of sp³-hybridized carbons (Fsp3) is 0.500. The van der Waals surface area contributed by atoms with Crippen molar-refractivity contribution >= 4 is 60.1 Å². The van der Waals surface area contributed by atoms with Gasteiger partial charge in [0.2, 0.25) is 5.01 Å². The van der Waals surface area contributed by atoms with Crippen molar-refractivity contribution in [3.63, 3.8) is 0 Å². The van der Waals surface area contributed by atoms with Crippen LogP contribution in [0.5, 0.6) is 0 Å². The molecule has 13 heavy (non-hydrogen) atoms. The van der Waals surface area contributed by atoms with Crippen LogP contribution in [0.25, 0.3) is 0 Å². The van der Waals surface area contributed by atoms with Crippen LogP contribution < -0.4 is 0 Å². The van der Waals surface area contributed by atoms with Crippen LogP contribution in [0.4, 0.5) is 9.59 Å². The van der Waals surface area contributed by atoms with Gasteiger partial charge in [0.1, 0.15) is 0 Å². The monoisotopic (exact) mass is 384 g/mol. The maximum absolute atomic E-state index is 10.1. The van der Waals surface area contributed by atoms with Gasteiger partial charge in [-0.15, -0.1) is 0 Å². The van der Waals surface area contributed by atoms with Gasteiger partial charge in [0.05, 0.1) is 0 Å². The van der Waals surface area contributed by atoms with Crippen molar-refractivity contribution in [2.75, 3.05) is 0 Å². The van der Waals surface area contributed by atoms with E-state index in [9.17, 15) is 9.59 Å². The van der Waals surface area contributed by atoms with Gasteiger partial charge < -0.3 is 19.7 Å². The molecule has 2 N–H and O–H groups in total. The Morgan fingerprint density at radius 3 is 2.00 bits per heavy atom. The minimum absolute atomic E-state index is 1.21. The highest BCUT2D eigenvalue weighted by Crippen LogP contribution is 2.36. The molecular formula is C4H3Br3O6. The maximum atomic E-state index is 10.1. The molecule has 0 bridgehead atoms. The molecule has 0 saturated carbocycles. The predicted molar refractivity (Wildman–Crippen MR) is 51.5 cm³/mol. The van der Waals surface area contributed by atoms with Crippen LogP contribution in [0.1, 0.15) is 0 Å². The molecule has 6 nitrogen and oxygen atoms in total. The number of halogens is 3. The quantitative estimate of drug-likeness (QED) is 0.572. The number of alkyl halides is 3. The third kappa shape index (κ3) is 5.32. The first-order valence-corrected chi connectivity index (χ1v) is 5.09. The van der Waals surface area contributed by atoms with E-state index in [1.807, 2.05) is 0 Å². The van der Waals surface area contributed by atoms with Gasteiger partial charge in [-0.25, -0.2) is 9.59 Å². The Morgan fingerprint density at radius 1 is 1.23 bits per heavy atom. The van der Waals surface area contributed by atoms with E-state index in [1.165, 1.54) is 0 Å². The Morgan fingerprint density at radius 2 is 1.69 bits per heavy atom. The lowest BCUT2D eigenvalue weighted by atomic mass is 10.8. The molecule has 0 spiro atoms. The highest BCUT2D eigenvalue weighted by molar-refractivity contribution is 9.26. The predicted octanol–water partition coefficient (Wildman–Crippen LogP) is 2.54. The van der Waals surface area contributed by atoms with Crippen molar-refractivity contribution in [2.24, 2.45) is 0 Å². The first kappa shape index (κ1) is 13.0. The average molecular weight is 387 g/mol. The molecule has 1 unspecified atom stereocenters. The largest absolute Gasteiger partial charge is 0.508 e. The standard InChI is InChI=1S/C4H3Br3O6/c5-1(12-2(8)9)4(6,7)13-3(10)11/h1H,(H,8,9)(H,10,11). The van der Waals surface area contributed by atoms with E-state index >= 15 is 0 Å². The summed E-state index contributed by atoms with van der Waals surface area (Å²) >= 11 is 8.25. The average Bonchev–Trinajstić information content (AvgIpc) is 1.81. The second kappa shape index (κ2) is 5.01. The molecule has 0 aliphatic carbocycles. The van der Waals surface area contributed by atoms with Crippen LogP contribution in [0.2, 0.25) is 0 Å². The zero-order chi connectivity index (χ0) is 10.6. The van der Waals surface area contributed by atoms with E-state index < -0.39 is 20.7 Å². The number of hydrogen-bond donors (Lipinski definition) is 2. The van der Waals surface area contributed by atoms with Gasteiger partial charge in [-0.1, -0.05) is 0 Å². The van der Waals surface area contributed by atoms with Gasteiger partial charge in [-0.2, -0.15) is 0 Å². The van der Waals surface area contributed by atoms with Gasteiger partial charge in [0.15, 0.2) is 0 Å². The first-order valence-electron chi connectivity index (χ1n) is 2.59. The zero-order valence-corrected chi connectivity index (χ0v) is 10.5. The lowest BCUT2D eigenvalue weighted by Crippen LogP contribution is -2.33. The van der Waals surface area contributed by atoms with E-state index in [1.54, 1.807) is 0 Å². The second-order valence-corrected chi connectivity index (χ2v) is 5.88. The molecule has 0 rings (SSSR count). The van der Waals surface area contributed by atoms with Crippen LogP contribution in [0.15, 0.2) is 0 Å². The summed E-state index contributed by atoms with van der Waals surface area (Å²) in [6, 6.07) is 0. The molecule has 0 radical (unpaired) electrons. The van der Waals surface area contributed by atoms with E-state index in [0.29, 0.717) is 0 Å². The summed E-state index contributed by atoms with van der Waals surface area (Å²) in [5.74, 6) is 0. The molecule has 0 aromatic carbocycles. The second-order valence-electron chi connectivity index (χ2n) is 1.63. The number of rotatable bonds is 3. The Bertz CT molecular complexity index is 216. The first-order chi connectivity index (χ1) is 5.75. The fourth-order valence-corrected chi connectivity index (χ4v) is 1.04. The highest BCUT2D eigenvalue weighted by atomic mass is 79.9. The SMILES string of the molecule is O=C(O)OC(Br)C(Br)(Br)OC(=O)O. The number of carboxylic acid groups (broad SMARTS) is 2. The molecule has 0 aromatic heterocycles. The minimum Gasteiger partial charge on any atom is -0.450 e. The van der Waals surface area contributed by atoms with E-state index in [-0.39, 0.29) is 0 Å². The van der Waals surface area contributed by atoms with Crippen molar-refractivity contribution in [3.8, 4) is 0 Å². The summed E-state index contributed by atoms with van der Waals surface area (Å²) in [7, 11) is 0. The Hall–Kier alpha value is -0.0200. The minimum atomic E-state index is -1.65. The van der Waals surface area contributed by atoms with Crippen LogP contribution in [0.3, 0.4) is 0 Å². The molecule has 0 aromatic rings. The van der Waals surface area contributed by atoms with Crippen molar-refractivity contribution < 1.29 is 29.3 Å². The summed E-state index contributed by atoms with van der Waals surface area (Å²) < 4.78 is 6.73. The van der Waals surface area contributed by atoms with E-state index in [4.69, 9.17) is 10.2 Å². The molecule has 76 valence electrons. The third-order valence-corrected chi connectivity index (χ3v) is 3.91. The number of hydrogen-bond acceptors (Lipinski definition) is 4. The van der Waals surface area contributed by atoms with Crippen LogP contribution in [0, 0.1) is 0 Å². The number of ether oxygens (including phenoxy) is 2. The van der Waals surface area contributed by atoms with Gasteiger partial charge in [0, 0.05) is 0 Å². The molecule has 0 fully saturated rings.